The van der Waals surface area contributed by atoms with Crippen molar-refractivity contribution in [3.05, 3.63) is 84.9 Å². The second-order valence-electron chi connectivity index (χ2n) is 6.08. The summed E-state index contributed by atoms with van der Waals surface area (Å²) in [5, 5.41) is 3.25. The van der Waals surface area contributed by atoms with Crippen LogP contribution in [0.4, 0.5) is 0 Å². The molecule has 0 aliphatic rings. The Morgan fingerprint density at radius 3 is 1.79 bits per heavy atom. The average Bonchev–Trinajstić information content (AvgIpc) is 2.66. The van der Waals surface area contributed by atoms with Gasteiger partial charge in [0.2, 0.25) is 0 Å². The summed E-state index contributed by atoms with van der Waals surface area (Å²) in [6.07, 6.45) is 0. The van der Waals surface area contributed by atoms with Gasteiger partial charge in [0.25, 0.3) is 0 Å². The fourth-order valence-electron chi connectivity index (χ4n) is 2.75. The Labute approximate surface area is 257 Å². The largest absolute Gasteiger partial charge is 1.00 e. The molecule has 0 heterocycles. The zero-order chi connectivity index (χ0) is 21.8. The number of hydrogen-bond acceptors (Lipinski definition) is 7. The molecule has 0 aliphatic heterocycles. The van der Waals surface area contributed by atoms with Gasteiger partial charge in [-0.1, -0.05) is 66.7 Å². The van der Waals surface area contributed by atoms with Crippen LogP contribution in [0.15, 0.2) is 84.9 Å². The van der Waals surface area contributed by atoms with E-state index in [2.05, 4.69) is 9.05 Å². The number of hydrogen-bond donors (Lipinski definition) is 1. The molecule has 0 aromatic heterocycles. The molecule has 0 saturated carbocycles. The van der Waals surface area contributed by atoms with Crippen molar-refractivity contribution >= 4 is 37.2 Å². The van der Waals surface area contributed by atoms with E-state index >= 15 is 0 Å². The first-order chi connectivity index (χ1) is 14.1. The van der Waals surface area contributed by atoms with E-state index in [1.807, 2.05) is 42.5 Å². The van der Waals surface area contributed by atoms with Crippen LogP contribution in [0.3, 0.4) is 0 Å². The van der Waals surface area contributed by atoms with Gasteiger partial charge in [0.1, 0.15) is 19.3 Å². The van der Waals surface area contributed by atoms with Crippen molar-refractivity contribution in [2.24, 2.45) is 0 Å². The van der Waals surface area contributed by atoms with Crippen LogP contribution in [-0.4, -0.2) is 4.89 Å². The molecule has 33 heavy (non-hydrogen) atoms. The number of rotatable bonds is 4. The quantitative estimate of drug-likeness (QED) is 0.210. The average molecular weight is 514 g/mol. The zero-order valence-corrected chi connectivity index (χ0v) is 26.1. The van der Waals surface area contributed by atoms with Crippen LogP contribution in [0, 0.1) is 0 Å². The van der Waals surface area contributed by atoms with Crippen molar-refractivity contribution in [2.75, 3.05) is 0 Å². The van der Waals surface area contributed by atoms with Crippen LogP contribution >= 0.6 is 15.6 Å². The summed E-state index contributed by atoms with van der Waals surface area (Å²) in [6.45, 7) is 0. The third kappa shape index (κ3) is 11.3. The predicted octanol–water partition coefficient (Wildman–Crippen LogP) is -6.26. The third-order valence-corrected chi connectivity index (χ3v) is 4.76. The van der Waals surface area contributed by atoms with Crippen LogP contribution in [0.2, 0.25) is 0 Å². The molecular formula is C20H15Na3O8P2. The van der Waals surface area contributed by atoms with Gasteiger partial charge in [0.05, 0.1) is 0 Å². The fourth-order valence-corrected chi connectivity index (χ4v) is 3.53. The van der Waals surface area contributed by atoms with Gasteiger partial charge in [-0.15, -0.1) is 0 Å². The van der Waals surface area contributed by atoms with E-state index in [1.54, 1.807) is 30.3 Å². The van der Waals surface area contributed by atoms with Crippen LogP contribution in [0.5, 0.6) is 11.5 Å². The van der Waals surface area contributed by atoms with Crippen LogP contribution in [0.1, 0.15) is 0 Å². The van der Waals surface area contributed by atoms with Crippen molar-refractivity contribution in [1.82, 2.24) is 0 Å². The van der Waals surface area contributed by atoms with Crippen molar-refractivity contribution < 1.29 is 126 Å². The van der Waals surface area contributed by atoms with Crippen LogP contribution < -0.4 is 112 Å². The molecule has 1 atom stereocenters. The molecule has 0 spiro atoms. The topological polar surface area (TPSA) is 142 Å². The number of fused-ring (bicyclic) bond motifs is 2. The van der Waals surface area contributed by atoms with E-state index in [-0.39, 0.29) is 100 Å². The predicted molar refractivity (Wildman–Crippen MR) is 107 cm³/mol. The minimum Gasteiger partial charge on any atom is -0.780 e. The van der Waals surface area contributed by atoms with Gasteiger partial charge in [-0.25, -0.2) is 0 Å². The SMILES string of the molecule is O=P([O-])(O)Oc1ccc2ccccc2c1.O=P([O-])([O-])Oc1cccc2ccccc12.[Na+].[Na+].[Na+]. The van der Waals surface area contributed by atoms with Gasteiger partial charge < -0.3 is 33.2 Å². The molecule has 0 aliphatic carbocycles. The normalized spacial score (nSPS) is 12.0. The molecule has 4 rings (SSSR count). The molecule has 0 saturated heterocycles. The van der Waals surface area contributed by atoms with Crippen molar-refractivity contribution in [3.8, 4) is 11.5 Å². The van der Waals surface area contributed by atoms with E-state index in [9.17, 15) is 23.8 Å². The molecule has 0 bridgehead atoms. The van der Waals surface area contributed by atoms with Gasteiger partial charge in [0.15, 0.2) is 0 Å². The molecule has 13 heteroatoms. The number of phosphoric acid groups is 2. The van der Waals surface area contributed by atoms with E-state index in [0.29, 0.717) is 5.39 Å². The summed E-state index contributed by atoms with van der Waals surface area (Å²) in [5.74, 6) is 0.177. The van der Waals surface area contributed by atoms with E-state index in [1.165, 1.54) is 12.1 Å². The molecule has 0 fully saturated rings. The first-order valence-electron chi connectivity index (χ1n) is 8.52. The Balaban J connectivity index is 0.000000569. The smallest absolute Gasteiger partial charge is 0.780 e. The Hall–Kier alpha value is 0.300. The third-order valence-electron chi connectivity index (χ3n) is 3.90. The summed E-state index contributed by atoms with van der Waals surface area (Å²) >= 11 is 0. The fraction of sp³-hybridized carbons (Fsp3) is 0. The van der Waals surface area contributed by atoms with Gasteiger partial charge in [0, 0.05) is 5.39 Å². The maximum absolute atomic E-state index is 10.5. The molecule has 4 aromatic rings. The minimum atomic E-state index is -4.99. The second kappa shape index (κ2) is 14.8. The Morgan fingerprint density at radius 2 is 1.18 bits per heavy atom. The first-order valence-corrected chi connectivity index (χ1v) is 11.5. The molecular weight excluding hydrogens is 499 g/mol. The summed E-state index contributed by atoms with van der Waals surface area (Å²) in [4.78, 5) is 40.0. The van der Waals surface area contributed by atoms with Gasteiger partial charge in [-0.05, 0) is 34.4 Å². The summed E-state index contributed by atoms with van der Waals surface area (Å²) in [7, 11) is -9.71. The van der Waals surface area contributed by atoms with E-state index in [0.717, 1.165) is 16.2 Å². The number of phosphoric ester groups is 2. The maximum Gasteiger partial charge on any atom is 1.00 e. The standard InChI is InChI=1S/2C10H9O4P.3Na/c11-15(12,13)14-10-7-3-5-8-4-1-2-6-9(8)10;11-15(12,13)14-10-6-5-8-3-1-2-4-9(8)7-10;;;/h2*1-7H,(H2,11,12,13);;;/q;;3*+1/p-3. The Kier molecular flexibility index (Phi) is 14.9. The molecule has 8 nitrogen and oxygen atoms in total. The summed E-state index contributed by atoms with van der Waals surface area (Å²) in [5.41, 5.74) is 0. The van der Waals surface area contributed by atoms with Crippen LogP contribution in [-0.2, 0) is 9.13 Å². The molecule has 4 aromatic carbocycles. The van der Waals surface area contributed by atoms with E-state index in [4.69, 9.17) is 4.89 Å². The summed E-state index contributed by atoms with van der Waals surface area (Å²) in [6, 6.07) is 24.2. The molecule has 0 amide bonds. The Bertz CT molecular complexity index is 1260. The molecule has 1 unspecified atom stereocenters. The van der Waals surface area contributed by atoms with Gasteiger partial charge in [-0.2, -0.15) is 0 Å². The van der Waals surface area contributed by atoms with Gasteiger partial charge >= 0.3 is 96.5 Å². The van der Waals surface area contributed by atoms with Crippen molar-refractivity contribution in [2.45, 2.75) is 0 Å². The Morgan fingerprint density at radius 1 is 0.636 bits per heavy atom. The minimum absolute atomic E-state index is 0. The molecule has 1 N–H and O–H groups in total. The molecule has 156 valence electrons. The van der Waals surface area contributed by atoms with Crippen LogP contribution in [0.25, 0.3) is 21.5 Å². The van der Waals surface area contributed by atoms with Crippen molar-refractivity contribution in [1.29, 1.82) is 0 Å². The van der Waals surface area contributed by atoms with E-state index < -0.39 is 15.6 Å². The number of benzene rings is 4. The zero-order valence-electron chi connectivity index (χ0n) is 18.3. The molecule has 0 radical (unpaired) electrons. The van der Waals surface area contributed by atoms with Crippen molar-refractivity contribution in [3.63, 3.8) is 0 Å². The summed E-state index contributed by atoms with van der Waals surface area (Å²) < 4.78 is 29.7. The maximum atomic E-state index is 10.5. The second-order valence-corrected chi connectivity index (χ2v) is 8.28. The van der Waals surface area contributed by atoms with Gasteiger partial charge in [-0.3, -0.25) is 4.57 Å². The monoisotopic (exact) mass is 514 g/mol. The first kappa shape index (κ1) is 33.3.